The summed E-state index contributed by atoms with van der Waals surface area (Å²) in [5, 5.41) is 9.40. The summed E-state index contributed by atoms with van der Waals surface area (Å²) < 4.78 is 19.5. The van der Waals surface area contributed by atoms with Crippen molar-refractivity contribution in [1.29, 1.82) is 0 Å². The van der Waals surface area contributed by atoms with E-state index in [1.807, 2.05) is 36.5 Å². The molecule has 0 fully saturated rings. The van der Waals surface area contributed by atoms with Crippen LogP contribution in [-0.2, 0) is 18.6 Å². The van der Waals surface area contributed by atoms with Crippen molar-refractivity contribution >= 4 is 13.8 Å². The molecule has 0 spiro atoms. The molecule has 0 aromatic rings. The molecule has 0 rings (SSSR count). The molecule has 0 heterocycles. The van der Waals surface area contributed by atoms with Gasteiger partial charge in [-0.15, -0.1) is 0 Å². The smallest absolute Gasteiger partial charge is 0.463 e. The number of phosphoric acid groups is 1. The van der Waals surface area contributed by atoms with Crippen LogP contribution >= 0.6 is 7.82 Å². The number of aliphatic hydroxyl groups excluding tert-OH is 1. The van der Waals surface area contributed by atoms with Gasteiger partial charge in [0.15, 0.2) is 0 Å². The molecule has 8 heteroatoms. The van der Waals surface area contributed by atoms with Gasteiger partial charge >= 0.3 is 13.8 Å². The molecule has 1 atom stereocenters. The summed E-state index contributed by atoms with van der Waals surface area (Å²) in [4.78, 5) is 28.5. The Hall–Kier alpha value is -1.50. The SMILES string of the molecule is CC\C=C/C=C\C=C/C=C\CCCCCCCC(=O)OCC(O)COP(=O)(O)O. The average Bonchev–Trinajstić information content (AvgIpc) is 2.67. The lowest BCUT2D eigenvalue weighted by atomic mass is 10.1. The number of aliphatic hydroxyl groups is 1. The Kier molecular flexibility index (Phi) is 17.6. The van der Waals surface area contributed by atoms with Crippen LogP contribution in [0.15, 0.2) is 48.6 Å². The first kappa shape index (κ1) is 27.5. The summed E-state index contributed by atoms with van der Waals surface area (Å²) in [7, 11) is -4.63. The third-order valence-corrected chi connectivity index (χ3v) is 4.17. The molecule has 7 nitrogen and oxygen atoms in total. The molecule has 1 unspecified atom stereocenters. The highest BCUT2D eigenvalue weighted by Crippen LogP contribution is 2.35. The van der Waals surface area contributed by atoms with Crippen LogP contribution < -0.4 is 0 Å². The van der Waals surface area contributed by atoms with Crippen molar-refractivity contribution in [3.05, 3.63) is 48.6 Å². The lowest BCUT2D eigenvalue weighted by molar-refractivity contribution is -0.147. The number of ether oxygens (including phenoxy) is 1. The number of carbonyl (C=O) groups excluding carboxylic acids is 1. The standard InChI is InChI=1S/C21H35O7P/c1-2-3-4-5-6-7-8-9-10-11-12-13-14-15-16-17-21(23)27-18-20(22)19-28-29(24,25)26/h3-10,20,22H,2,11-19H2,1H3,(H2,24,25,26)/b4-3-,6-5-,8-7-,10-9-. The van der Waals surface area contributed by atoms with E-state index in [9.17, 15) is 14.5 Å². The molecule has 166 valence electrons. The second-order valence-electron chi connectivity index (χ2n) is 6.46. The first-order valence-electron chi connectivity index (χ1n) is 10.0. The Labute approximate surface area is 174 Å². The topological polar surface area (TPSA) is 113 Å². The van der Waals surface area contributed by atoms with E-state index in [4.69, 9.17) is 14.5 Å². The zero-order valence-electron chi connectivity index (χ0n) is 17.2. The fourth-order valence-electron chi connectivity index (χ4n) is 2.20. The van der Waals surface area contributed by atoms with Crippen molar-refractivity contribution in [1.82, 2.24) is 0 Å². The number of phosphoric ester groups is 1. The van der Waals surface area contributed by atoms with Gasteiger partial charge in [-0.25, -0.2) is 4.57 Å². The molecule has 0 bridgehead atoms. The van der Waals surface area contributed by atoms with Gasteiger partial charge in [0, 0.05) is 6.42 Å². The highest BCUT2D eigenvalue weighted by Gasteiger charge is 2.17. The lowest BCUT2D eigenvalue weighted by Gasteiger charge is -2.12. The number of unbranched alkanes of at least 4 members (excludes halogenated alkanes) is 5. The second kappa shape index (κ2) is 18.5. The first-order chi connectivity index (χ1) is 13.8. The van der Waals surface area contributed by atoms with Crippen LogP contribution in [0.4, 0.5) is 0 Å². The molecule has 0 aromatic heterocycles. The van der Waals surface area contributed by atoms with E-state index in [0.29, 0.717) is 6.42 Å². The van der Waals surface area contributed by atoms with Gasteiger partial charge in [0.2, 0.25) is 0 Å². The highest BCUT2D eigenvalue weighted by atomic mass is 31.2. The Morgan fingerprint density at radius 3 is 2.14 bits per heavy atom. The number of rotatable bonds is 17. The monoisotopic (exact) mass is 430 g/mol. The third kappa shape index (κ3) is 22.7. The van der Waals surface area contributed by atoms with Gasteiger partial charge in [-0.2, -0.15) is 0 Å². The molecule has 0 amide bonds. The number of hydrogen-bond acceptors (Lipinski definition) is 5. The maximum atomic E-state index is 11.5. The lowest BCUT2D eigenvalue weighted by Crippen LogP contribution is -2.23. The quantitative estimate of drug-likeness (QED) is 0.136. The molecule has 0 aromatic carbocycles. The van der Waals surface area contributed by atoms with Gasteiger partial charge in [-0.3, -0.25) is 9.32 Å². The maximum absolute atomic E-state index is 11.5. The van der Waals surface area contributed by atoms with Gasteiger partial charge in [-0.05, 0) is 25.7 Å². The summed E-state index contributed by atoms with van der Waals surface area (Å²) >= 11 is 0. The summed E-state index contributed by atoms with van der Waals surface area (Å²) in [5.41, 5.74) is 0. The van der Waals surface area contributed by atoms with Crippen molar-refractivity contribution in [2.45, 2.75) is 64.4 Å². The third-order valence-electron chi connectivity index (χ3n) is 3.69. The van der Waals surface area contributed by atoms with Gasteiger partial charge in [0.05, 0.1) is 6.61 Å². The molecular weight excluding hydrogens is 395 g/mol. The van der Waals surface area contributed by atoms with Crippen molar-refractivity contribution < 1.29 is 33.5 Å². The Morgan fingerprint density at radius 2 is 1.48 bits per heavy atom. The second-order valence-corrected chi connectivity index (χ2v) is 7.70. The number of hydrogen-bond donors (Lipinski definition) is 3. The van der Waals surface area contributed by atoms with Crippen molar-refractivity contribution in [3.8, 4) is 0 Å². The van der Waals surface area contributed by atoms with Gasteiger partial charge in [0.1, 0.15) is 12.7 Å². The van der Waals surface area contributed by atoms with Crippen LogP contribution in [0, 0.1) is 0 Å². The van der Waals surface area contributed by atoms with Crippen LogP contribution in [0.3, 0.4) is 0 Å². The molecule has 0 aliphatic carbocycles. The predicted molar refractivity (Wildman–Crippen MR) is 114 cm³/mol. The molecular formula is C21H35O7P. The molecule has 0 aliphatic heterocycles. The minimum absolute atomic E-state index is 0.262. The largest absolute Gasteiger partial charge is 0.469 e. The minimum atomic E-state index is -4.63. The zero-order chi connectivity index (χ0) is 21.8. The predicted octanol–water partition coefficient (Wildman–Crippen LogP) is 4.37. The highest BCUT2D eigenvalue weighted by molar-refractivity contribution is 7.46. The Morgan fingerprint density at radius 1 is 0.897 bits per heavy atom. The Balaban J connectivity index is 3.53. The summed E-state index contributed by atoms with van der Waals surface area (Å²) in [6.45, 7) is 1.17. The van der Waals surface area contributed by atoms with E-state index < -0.39 is 26.5 Å². The van der Waals surface area contributed by atoms with E-state index in [-0.39, 0.29) is 13.0 Å². The van der Waals surface area contributed by atoms with Crippen LogP contribution in [-0.4, -0.2) is 40.2 Å². The van der Waals surface area contributed by atoms with E-state index in [1.54, 1.807) is 0 Å². The van der Waals surface area contributed by atoms with Crippen molar-refractivity contribution in [2.75, 3.05) is 13.2 Å². The summed E-state index contributed by atoms with van der Waals surface area (Å²) in [5.74, 6) is -0.436. The van der Waals surface area contributed by atoms with Crippen molar-refractivity contribution in [3.63, 3.8) is 0 Å². The average molecular weight is 430 g/mol. The van der Waals surface area contributed by atoms with Crippen LogP contribution in [0.2, 0.25) is 0 Å². The van der Waals surface area contributed by atoms with Crippen LogP contribution in [0.1, 0.15) is 58.3 Å². The maximum Gasteiger partial charge on any atom is 0.469 e. The van der Waals surface area contributed by atoms with E-state index >= 15 is 0 Å². The van der Waals surface area contributed by atoms with E-state index in [2.05, 4.69) is 23.6 Å². The molecule has 0 saturated heterocycles. The molecule has 29 heavy (non-hydrogen) atoms. The summed E-state index contributed by atoms with van der Waals surface area (Å²) in [6.07, 6.45) is 22.3. The van der Waals surface area contributed by atoms with Gasteiger partial charge < -0.3 is 19.6 Å². The molecule has 0 aliphatic rings. The number of allylic oxidation sites excluding steroid dienone is 8. The fourth-order valence-corrected chi connectivity index (χ4v) is 2.57. The van der Waals surface area contributed by atoms with Gasteiger partial charge in [-0.1, -0.05) is 74.8 Å². The zero-order valence-corrected chi connectivity index (χ0v) is 18.1. The normalized spacial score (nSPS) is 13.9. The minimum Gasteiger partial charge on any atom is -0.463 e. The van der Waals surface area contributed by atoms with Gasteiger partial charge in [0.25, 0.3) is 0 Å². The fraction of sp³-hybridized carbons (Fsp3) is 0.571. The molecule has 3 N–H and O–H groups in total. The van der Waals surface area contributed by atoms with E-state index in [1.165, 1.54) is 0 Å². The van der Waals surface area contributed by atoms with Crippen molar-refractivity contribution in [2.24, 2.45) is 0 Å². The number of carbonyl (C=O) groups is 1. The Bertz CT molecular complexity index is 576. The van der Waals surface area contributed by atoms with Crippen LogP contribution in [0.5, 0.6) is 0 Å². The van der Waals surface area contributed by atoms with Crippen LogP contribution in [0.25, 0.3) is 0 Å². The molecule has 0 saturated carbocycles. The first-order valence-corrected chi connectivity index (χ1v) is 11.6. The summed E-state index contributed by atoms with van der Waals surface area (Å²) in [6, 6.07) is 0. The molecule has 0 radical (unpaired) electrons. The number of esters is 1. The van der Waals surface area contributed by atoms with E-state index in [0.717, 1.165) is 38.5 Å².